The summed E-state index contributed by atoms with van der Waals surface area (Å²) in [5.41, 5.74) is -0.911. The average Bonchev–Trinajstić information content (AvgIpc) is 3.05. The van der Waals surface area contributed by atoms with Crippen molar-refractivity contribution in [3.63, 3.8) is 0 Å². The zero-order chi connectivity index (χ0) is 19.8. The Kier molecular flexibility index (Phi) is 11.7. The van der Waals surface area contributed by atoms with Crippen molar-refractivity contribution in [3.8, 4) is 0 Å². The quantitative estimate of drug-likeness (QED) is 0.217. The number of thiazole rings is 1. The maximum absolute atomic E-state index is 12.5. The number of aromatic nitrogens is 1. The number of aliphatic imine (C=N–C) groups is 1. The molecule has 1 aromatic rings. The fourth-order valence-corrected chi connectivity index (χ4v) is 3.44. The molecular weight excluding hydrogens is 518 g/mol. The minimum atomic E-state index is -4.45. The highest BCUT2D eigenvalue weighted by Crippen LogP contribution is 2.30. The maximum Gasteiger partial charge on any atom is 0.434 e. The van der Waals surface area contributed by atoms with Crippen LogP contribution >= 0.6 is 35.3 Å². The van der Waals surface area contributed by atoms with Gasteiger partial charge in [0.15, 0.2) is 11.7 Å². The number of guanidine groups is 1. The molecule has 1 heterocycles. The Hall–Kier alpha value is -0.670. The first-order valence-electron chi connectivity index (χ1n) is 8.08. The summed E-state index contributed by atoms with van der Waals surface area (Å²) in [4.78, 5) is 7.73. The number of hydrogen-bond acceptors (Lipinski definition) is 5. The number of halogens is 4. The van der Waals surface area contributed by atoms with Crippen molar-refractivity contribution in [2.24, 2.45) is 4.99 Å². The fraction of sp³-hybridized carbons (Fsp3) is 0.714. The van der Waals surface area contributed by atoms with E-state index in [2.05, 4.69) is 20.6 Å². The second-order valence-corrected chi connectivity index (χ2v) is 8.63. The van der Waals surface area contributed by atoms with Gasteiger partial charge in [0, 0.05) is 32.1 Å². The summed E-state index contributed by atoms with van der Waals surface area (Å²) in [6.07, 6.45) is -3.89. The summed E-state index contributed by atoms with van der Waals surface area (Å²) >= 11 is 0.907. The van der Waals surface area contributed by atoms with E-state index in [1.54, 1.807) is 6.92 Å². The van der Waals surface area contributed by atoms with E-state index in [4.69, 9.17) is 0 Å². The van der Waals surface area contributed by atoms with Gasteiger partial charge in [0.25, 0.3) is 0 Å². The second kappa shape index (κ2) is 12.0. The number of nitrogens with zero attached hydrogens (tertiary/aromatic N) is 3. The molecule has 0 atom stereocenters. The van der Waals surface area contributed by atoms with E-state index < -0.39 is 21.9 Å². The largest absolute Gasteiger partial charge is 0.434 e. The molecule has 1 rings (SSSR count). The molecule has 0 aliphatic rings. The predicted octanol–water partition coefficient (Wildman–Crippen LogP) is 2.51. The molecule has 158 valence electrons. The number of hydrogen-bond donors (Lipinski definition) is 2. The monoisotopic (exact) mass is 543 g/mol. The average molecular weight is 543 g/mol. The van der Waals surface area contributed by atoms with Crippen LogP contribution in [0.2, 0.25) is 0 Å². The van der Waals surface area contributed by atoms with Crippen LogP contribution in [0.25, 0.3) is 0 Å². The Bertz CT molecular complexity index is 695. The lowest BCUT2D eigenvalue weighted by molar-refractivity contribution is -0.140. The van der Waals surface area contributed by atoms with Crippen LogP contribution in [0.5, 0.6) is 0 Å². The van der Waals surface area contributed by atoms with Gasteiger partial charge in [0.1, 0.15) is 5.01 Å². The van der Waals surface area contributed by atoms with Crippen molar-refractivity contribution in [2.75, 3.05) is 32.4 Å². The van der Waals surface area contributed by atoms with E-state index in [0.717, 1.165) is 16.7 Å². The third-order valence-corrected chi connectivity index (χ3v) is 6.04. The number of sulfonamides is 1. The van der Waals surface area contributed by atoms with Gasteiger partial charge in [-0.3, -0.25) is 0 Å². The first kappa shape index (κ1) is 26.3. The molecule has 0 saturated heterocycles. The lowest BCUT2D eigenvalue weighted by Gasteiger charge is -2.16. The van der Waals surface area contributed by atoms with Gasteiger partial charge < -0.3 is 10.6 Å². The molecule has 0 bridgehead atoms. The highest BCUT2D eigenvalue weighted by atomic mass is 127. The van der Waals surface area contributed by atoms with E-state index in [1.807, 2.05) is 6.92 Å². The Labute approximate surface area is 178 Å². The molecule has 7 nitrogen and oxygen atoms in total. The Morgan fingerprint density at radius 2 is 2.00 bits per heavy atom. The van der Waals surface area contributed by atoms with Crippen LogP contribution in [0.4, 0.5) is 13.2 Å². The van der Waals surface area contributed by atoms with Gasteiger partial charge >= 0.3 is 6.18 Å². The predicted molar refractivity (Wildman–Crippen MR) is 112 cm³/mol. The summed E-state index contributed by atoms with van der Waals surface area (Å²) in [6, 6.07) is 0. The van der Waals surface area contributed by atoms with Crippen LogP contribution in [0.3, 0.4) is 0 Å². The normalized spacial score (nSPS) is 12.8. The number of alkyl halides is 3. The molecule has 0 aliphatic carbocycles. The molecule has 0 unspecified atom stereocenters. The molecule has 0 aromatic carbocycles. The first-order chi connectivity index (χ1) is 12.1. The molecule has 0 spiro atoms. The van der Waals surface area contributed by atoms with Gasteiger partial charge in [-0.1, -0.05) is 0 Å². The molecule has 2 N–H and O–H groups in total. The Morgan fingerprint density at radius 3 is 2.52 bits per heavy atom. The zero-order valence-electron chi connectivity index (χ0n) is 15.3. The van der Waals surface area contributed by atoms with Crippen LogP contribution in [0, 0.1) is 0 Å². The smallest absolute Gasteiger partial charge is 0.357 e. The third-order valence-electron chi connectivity index (χ3n) is 3.34. The van der Waals surface area contributed by atoms with Gasteiger partial charge in [-0.05, 0) is 20.3 Å². The minimum absolute atomic E-state index is 0. The van der Waals surface area contributed by atoms with Crippen molar-refractivity contribution in [3.05, 3.63) is 16.1 Å². The SMILES string of the molecule is CCNC(=NCc1nc(C(F)(F)F)cs1)NCCCN(C)S(=O)(=O)CC.I. The maximum atomic E-state index is 12.5. The molecule has 1 aromatic heterocycles. The molecule has 0 amide bonds. The van der Waals surface area contributed by atoms with Crippen molar-refractivity contribution in [1.82, 2.24) is 19.9 Å². The minimum Gasteiger partial charge on any atom is -0.357 e. The summed E-state index contributed by atoms with van der Waals surface area (Å²) < 4.78 is 62.2. The lowest BCUT2D eigenvalue weighted by Crippen LogP contribution is -2.39. The number of nitrogens with one attached hydrogen (secondary N) is 2. The van der Waals surface area contributed by atoms with Crippen LogP contribution in [0.1, 0.15) is 31.0 Å². The van der Waals surface area contributed by atoms with Crippen molar-refractivity contribution in [2.45, 2.75) is 33.0 Å². The molecule has 13 heteroatoms. The van der Waals surface area contributed by atoms with E-state index in [0.29, 0.717) is 32.0 Å². The van der Waals surface area contributed by atoms with Crippen LogP contribution in [-0.2, 0) is 22.7 Å². The third kappa shape index (κ3) is 9.38. The topological polar surface area (TPSA) is 86.7 Å². The molecule has 0 saturated carbocycles. The van der Waals surface area contributed by atoms with E-state index in [1.165, 1.54) is 11.4 Å². The first-order valence-corrected chi connectivity index (χ1v) is 10.6. The van der Waals surface area contributed by atoms with Crippen LogP contribution in [-0.4, -0.2) is 56.1 Å². The van der Waals surface area contributed by atoms with Gasteiger partial charge in [-0.25, -0.2) is 22.7 Å². The van der Waals surface area contributed by atoms with Crippen molar-refractivity contribution in [1.29, 1.82) is 0 Å². The van der Waals surface area contributed by atoms with Gasteiger partial charge in [0.2, 0.25) is 10.0 Å². The molecule has 0 fully saturated rings. The number of rotatable bonds is 9. The van der Waals surface area contributed by atoms with Crippen LogP contribution in [0.15, 0.2) is 10.4 Å². The standard InChI is InChI=1S/C14H24F3N5O2S2.HI/c1-4-18-13(19-7-6-8-22(3)26(23,24)5-2)20-9-12-21-11(10-25-12)14(15,16)17;/h10H,4-9H2,1-3H3,(H2,18,19,20);1H. The van der Waals surface area contributed by atoms with Gasteiger partial charge in [-0.2, -0.15) is 13.2 Å². The molecular formula is C14H25F3IN5O2S2. The lowest BCUT2D eigenvalue weighted by atomic mass is 10.4. The summed E-state index contributed by atoms with van der Waals surface area (Å²) in [7, 11) is -1.68. The van der Waals surface area contributed by atoms with E-state index >= 15 is 0 Å². The van der Waals surface area contributed by atoms with Crippen molar-refractivity contribution >= 4 is 51.3 Å². The highest BCUT2D eigenvalue weighted by Gasteiger charge is 2.33. The van der Waals surface area contributed by atoms with E-state index in [-0.39, 0.29) is 41.3 Å². The Morgan fingerprint density at radius 1 is 1.33 bits per heavy atom. The molecule has 0 aliphatic heterocycles. The molecule has 0 radical (unpaired) electrons. The highest BCUT2D eigenvalue weighted by molar-refractivity contribution is 14.0. The van der Waals surface area contributed by atoms with Gasteiger partial charge in [-0.15, -0.1) is 35.3 Å². The summed E-state index contributed by atoms with van der Waals surface area (Å²) in [6.45, 7) is 4.90. The second-order valence-electron chi connectivity index (χ2n) is 5.32. The van der Waals surface area contributed by atoms with Crippen LogP contribution < -0.4 is 10.6 Å². The van der Waals surface area contributed by atoms with Crippen molar-refractivity contribution < 1.29 is 21.6 Å². The zero-order valence-corrected chi connectivity index (χ0v) is 19.3. The van der Waals surface area contributed by atoms with E-state index in [9.17, 15) is 21.6 Å². The summed E-state index contributed by atoms with van der Waals surface area (Å²) in [5.74, 6) is 0.492. The fourth-order valence-electron chi connectivity index (χ4n) is 1.87. The van der Waals surface area contributed by atoms with Gasteiger partial charge in [0.05, 0.1) is 12.3 Å². The Balaban J connectivity index is 0.00000676. The molecule has 27 heavy (non-hydrogen) atoms. The summed E-state index contributed by atoms with van der Waals surface area (Å²) in [5, 5.41) is 7.24.